The van der Waals surface area contributed by atoms with Crippen molar-refractivity contribution in [3.05, 3.63) is 54.3 Å². The summed E-state index contributed by atoms with van der Waals surface area (Å²) in [6.07, 6.45) is 0. The molecule has 27 heavy (non-hydrogen) atoms. The van der Waals surface area contributed by atoms with E-state index in [-0.39, 0.29) is 24.5 Å². The molecule has 0 aliphatic carbocycles. The monoisotopic (exact) mass is 381 g/mol. The molecule has 9 heteroatoms. The quantitative estimate of drug-likeness (QED) is 0.738. The molecule has 0 aromatic heterocycles. The van der Waals surface area contributed by atoms with E-state index in [4.69, 9.17) is 0 Å². The van der Waals surface area contributed by atoms with Crippen LogP contribution in [0.15, 0.2) is 48.5 Å². The van der Waals surface area contributed by atoms with Gasteiger partial charge in [0.1, 0.15) is 11.6 Å². The molecule has 0 bridgehead atoms. The predicted octanol–water partition coefficient (Wildman–Crippen LogP) is 2.94. The van der Waals surface area contributed by atoms with Crippen LogP contribution in [0.4, 0.5) is 24.5 Å². The number of carbonyl (C=O) groups excluding carboxylic acids is 2. The minimum atomic E-state index is -3.02. The van der Waals surface area contributed by atoms with Gasteiger partial charge in [-0.1, -0.05) is 18.2 Å². The number of amides is 2. The zero-order chi connectivity index (χ0) is 19.8. The SMILES string of the molecule is CN(CC(=O)Nc1cccc(F)c1)CC(=O)Nc1ccccc1OC(F)F. The van der Waals surface area contributed by atoms with E-state index >= 15 is 0 Å². The van der Waals surface area contributed by atoms with E-state index in [2.05, 4.69) is 15.4 Å². The second-order valence-corrected chi connectivity index (χ2v) is 5.65. The summed E-state index contributed by atoms with van der Waals surface area (Å²) in [7, 11) is 1.53. The largest absolute Gasteiger partial charge is 0.433 e. The van der Waals surface area contributed by atoms with Gasteiger partial charge in [-0.3, -0.25) is 14.5 Å². The number of halogens is 3. The third-order valence-corrected chi connectivity index (χ3v) is 3.31. The highest BCUT2D eigenvalue weighted by atomic mass is 19.3. The fourth-order valence-corrected chi connectivity index (χ4v) is 2.27. The van der Waals surface area contributed by atoms with Crippen molar-refractivity contribution < 1.29 is 27.5 Å². The highest BCUT2D eigenvalue weighted by Crippen LogP contribution is 2.25. The van der Waals surface area contributed by atoms with Gasteiger partial charge in [-0.2, -0.15) is 8.78 Å². The molecule has 2 rings (SSSR count). The average molecular weight is 381 g/mol. The molecule has 2 aromatic rings. The van der Waals surface area contributed by atoms with Gasteiger partial charge >= 0.3 is 6.61 Å². The number of nitrogens with zero attached hydrogens (tertiary/aromatic N) is 1. The van der Waals surface area contributed by atoms with Crippen LogP contribution in [0, 0.1) is 5.82 Å². The van der Waals surface area contributed by atoms with Crippen LogP contribution in [0.1, 0.15) is 0 Å². The first-order chi connectivity index (χ1) is 12.8. The van der Waals surface area contributed by atoms with E-state index in [0.717, 1.165) is 0 Å². The van der Waals surface area contributed by atoms with E-state index in [9.17, 15) is 22.8 Å². The first kappa shape index (κ1) is 20.2. The number of hydrogen-bond donors (Lipinski definition) is 2. The number of likely N-dealkylation sites (N-methyl/N-ethyl adjacent to an activating group) is 1. The van der Waals surface area contributed by atoms with Gasteiger partial charge in [0.25, 0.3) is 0 Å². The number of carbonyl (C=O) groups is 2. The molecular weight excluding hydrogens is 363 g/mol. The van der Waals surface area contributed by atoms with Gasteiger partial charge in [0.15, 0.2) is 0 Å². The molecule has 0 saturated heterocycles. The molecule has 0 heterocycles. The van der Waals surface area contributed by atoms with Crippen LogP contribution in [-0.2, 0) is 9.59 Å². The Morgan fingerprint density at radius 2 is 1.70 bits per heavy atom. The van der Waals surface area contributed by atoms with E-state index in [1.165, 1.54) is 54.4 Å². The molecule has 0 atom stereocenters. The van der Waals surface area contributed by atoms with Gasteiger partial charge in [0.05, 0.1) is 18.8 Å². The van der Waals surface area contributed by atoms with E-state index in [1.807, 2.05) is 0 Å². The number of benzene rings is 2. The van der Waals surface area contributed by atoms with E-state index in [0.29, 0.717) is 5.69 Å². The molecule has 0 fully saturated rings. The molecular formula is C18H18F3N3O3. The van der Waals surface area contributed by atoms with Crippen molar-refractivity contribution in [2.75, 3.05) is 30.8 Å². The normalized spacial score (nSPS) is 10.7. The number of para-hydroxylation sites is 2. The van der Waals surface area contributed by atoms with Gasteiger partial charge in [0.2, 0.25) is 11.8 Å². The number of ether oxygens (including phenoxy) is 1. The van der Waals surface area contributed by atoms with Gasteiger partial charge in [-0.05, 0) is 37.4 Å². The highest BCUT2D eigenvalue weighted by molar-refractivity contribution is 5.95. The molecule has 2 aromatic carbocycles. The lowest BCUT2D eigenvalue weighted by molar-refractivity contribution is -0.119. The third-order valence-electron chi connectivity index (χ3n) is 3.31. The van der Waals surface area contributed by atoms with Gasteiger partial charge < -0.3 is 15.4 Å². The number of nitrogens with one attached hydrogen (secondary N) is 2. The Kier molecular flexibility index (Phi) is 7.18. The number of anilines is 2. The fraction of sp³-hybridized carbons (Fsp3) is 0.222. The Hall–Kier alpha value is -3.07. The fourth-order valence-electron chi connectivity index (χ4n) is 2.27. The predicted molar refractivity (Wildman–Crippen MR) is 94.2 cm³/mol. The highest BCUT2D eigenvalue weighted by Gasteiger charge is 2.14. The molecule has 0 saturated carbocycles. The standard InChI is InChI=1S/C18H18F3N3O3/c1-24(10-16(25)22-13-6-4-5-12(19)9-13)11-17(26)23-14-7-2-3-8-15(14)27-18(20)21/h2-9,18H,10-11H2,1H3,(H,22,25)(H,23,26). The minimum Gasteiger partial charge on any atom is -0.433 e. The maximum absolute atomic E-state index is 13.1. The zero-order valence-corrected chi connectivity index (χ0v) is 14.4. The first-order valence-electron chi connectivity index (χ1n) is 7.91. The smallest absolute Gasteiger partial charge is 0.387 e. The molecule has 0 unspecified atom stereocenters. The van der Waals surface area contributed by atoms with Crippen LogP contribution in [0.5, 0.6) is 5.75 Å². The Bertz CT molecular complexity index is 802. The topological polar surface area (TPSA) is 70.7 Å². The Morgan fingerprint density at radius 3 is 2.37 bits per heavy atom. The Morgan fingerprint density at radius 1 is 1.04 bits per heavy atom. The summed E-state index contributed by atoms with van der Waals surface area (Å²) in [6.45, 7) is -3.31. The van der Waals surface area contributed by atoms with Crippen LogP contribution in [0.3, 0.4) is 0 Å². The molecule has 6 nitrogen and oxygen atoms in total. The van der Waals surface area contributed by atoms with Crippen molar-refractivity contribution in [2.24, 2.45) is 0 Å². The number of hydrogen-bond acceptors (Lipinski definition) is 4. The zero-order valence-electron chi connectivity index (χ0n) is 14.4. The molecule has 144 valence electrons. The van der Waals surface area contributed by atoms with Crippen molar-refractivity contribution >= 4 is 23.2 Å². The van der Waals surface area contributed by atoms with E-state index in [1.54, 1.807) is 6.07 Å². The summed E-state index contributed by atoms with van der Waals surface area (Å²) >= 11 is 0. The number of alkyl halides is 2. The van der Waals surface area contributed by atoms with Crippen LogP contribution in [0.2, 0.25) is 0 Å². The van der Waals surface area contributed by atoms with Crippen molar-refractivity contribution in [3.63, 3.8) is 0 Å². The maximum atomic E-state index is 13.1. The second kappa shape index (κ2) is 9.58. The summed E-state index contributed by atoms with van der Waals surface area (Å²) in [5, 5.41) is 4.97. The summed E-state index contributed by atoms with van der Waals surface area (Å²) in [6, 6.07) is 11.2. The lowest BCUT2D eigenvalue weighted by Gasteiger charge is -2.17. The third kappa shape index (κ3) is 6.98. The summed E-state index contributed by atoms with van der Waals surface area (Å²) in [4.78, 5) is 25.4. The van der Waals surface area contributed by atoms with Crippen molar-refractivity contribution in [1.29, 1.82) is 0 Å². The van der Waals surface area contributed by atoms with Crippen LogP contribution in [-0.4, -0.2) is 43.5 Å². The van der Waals surface area contributed by atoms with Crippen molar-refractivity contribution in [2.45, 2.75) is 6.61 Å². The summed E-state index contributed by atoms with van der Waals surface area (Å²) in [5.41, 5.74) is 0.399. The lowest BCUT2D eigenvalue weighted by Crippen LogP contribution is -2.36. The van der Waals surface area contributed by atoms with Crippen LogP contribution in [0.25, 0.3) is 0 Å². The Balaban J connectivity index is 1.86. The second-order valence-electron chi connectivity index (χ2n) is 5.65. The molecule has 0 radical (unpaired) electrons. The molecule has 2 amide bonds. The molecule has 0 spiro atoms. The first-order valence-corrected chi connectivity index (χ1v) is 7.91. The van der Waals surface area contributed by atoms with Crippen molar-refractivity contribution in [1.82, 2.24) is 4.90 Å². The lowest BCUT2D eigenvalue weighted by atomic mass is 10.3. The van der Waals surface area contributed by atoms with Gasteiger partial charge in [0, 0.05) is 5.69 Å². The minimum absolute atomic E-state index is 0.0976. The maximum Gasteiger partial charge on any atom is 0.387 e. The molecule has 2 N–H and O–H groups in total. The van der Waals surface area contributed by atoms with Crippen molar-refractivity contribution in [3.8, 4) is 5.75 Å². The Labute approximate surface area is 153 Å². The van der Waals surface area contributed by atoms with Gasteiger partial charge in [-0.15, -0.1) is 0 Å². The van der Waals surface area contributed by atoms with Gasteiger partial charge in [-0.25, -0.2) is 4.39 Å². The summed E-state index contributed by atoms with van der Waals surface area (Å²) < 4.78 is 42.2. The van der Waals surface area contributed by atoms with Crippen LogP contribution < -0.4 is 15.4 Å². The van der Waals surface area contributed by atoms with Crippen LogP contribution >= 0.6 is 0 Å². The molecule has 0 aliphatic rings. The molecule has 0 aliphatic heterocycles. The summed E-state index contributed by atoms with van der Waals surface area (Å²) in [5.74, 6) is -1.59. The number of rotatable bonds is 8. The average Bonchev–Trinajstić information content (AvgIpc) is 2.55. The van der Waals surface area contributed by atoms with E-state index < -0.39 is 24.2 Å².